The molecule has 3 rings (SSSR count). The Morgan fingerprint density at radius 1 is 1.32 bits per heavy atom. The standard InChI is InChI=1S/C14H13F3N5S.ClH.Zn/c1-4-23-13-11(19-7-21(13)2)12-20-8-5-10(14(15,16)17)18-6-9(8)22(12)3;;/h5-6H,4H2,1-3H3;1H;/q-1;;+2/p-1. The number of alkyl halides is 3. The monoisotopic (exact) mass is 439 g/mol. The van der Waals surface area contributed by atoms with Gasteiger partial charge < -0.3 is 14.1 Å². The quantitative estimate of drug-likeness (QED) is 0.351. The first-order valence-corrected chi connectivity index (χ1v) is 11.9. The van der Waals surface area contributed by atoms with Crippen molar-refractivity contribution in [3.8, 4) is 11.5 Å². The molecule has 0 atom stereocenters. The molecule has 0 spiro atoms. The number of hydrogen-bond donors (Lipinski definition) is 0. The summed E-state index contributed by atoms with van der Waals surface area (Å²) in [6, 6.07) is 0.956. The summed E-state index contributed by atoms with van der Waals surface area (Å²) in [5.74, 6) is 1.33. The summed E-state index contributed by atoms with van der Waals surface area (Å²) in [5, 5.41) is 0.870. The average Bonchev–Trinajstić information content (AvgIpc) is 3.10. The number of rotatable bonds is 3. The molecule has 3 heterocycles. The molecule has 0 aliphatic rings. The molecular formula is C14H13ClF3N5SZn. The zero-order valence-corrected chi connectivity index (χ0v) is 18.3. The third-order valence-corrected chi connectivity index (χ3v) is 4.40. The van der Waals surface area contributed by atoms with Gasteiger partial charge in [-0.15, -0.1) is 0 Å². The van der Waals surface area contributed by atoms with E-state index < -0.39 is 11.9 Å². The Balaban J connectivity index is 0.00000109. The van der Waals surface area contributed by atoms with Gasteiger partial charge in [0.15, 0.2) is 0 Å². The van der Waals surface area contributed by atoms with Crippen molar-refractivity contribution >= 4 is 32.5 Å². The number of nitrogens with zero attached hydrogens (tertiary/aromatic N) is 5. The molecule has 0 unspecified atom stereocenters. The van der Waals surface area contributed by atoms with Crippen LogP contribution in [-0.2, 0) is 37.6 Å². The second kappa shape index (κ2) is 8.06. The SMILES string of the molecule is CCSc1c(-c2nc3cc(C(F)(F)F)ncc3n2C)n[c-]n1C.[Cl][Zn+]. The van der Waals surface area contributed by atoms with Gasteiger partial charge >= 0.3 is 33.2 Å². The summed E-state index contributed by atoms with van der Waals surface area (Å²) < 4.78 is 41.8. The Morgan fingerprint density at radius 3 is 2.60 bits per heavy atom. The van der Waals surface area contributed by atoms with Crippen LogP contribution in [0.2, 0.25) is 0 Å². The number of halogens is 4. The summed E-state index contributed by atoms with van der Waals surface area (Å²) in [4.78, 5) is 12.0. The molecule has 5 nitrogen and oxygen atoms in total. The molecule has 25 heavy (non-hydrogen) atoms. The van der Waals surface area contributed by atoms with Gasteiger partial charge in [-0.05, 0) is 24.6 Å². The van der Waals surface area contributed by atoms with E-state index in [-0.39, 0.29) is 5.52 Å². The van der Waals surface area contributed by atoms with E-state index in [0.29, 0.717) is 17.0 Å². The maximum absolute atomic E-state index is 12.8. The van der Waals surface area contributed by atoms with Crippen LogP contribution in [0.4, 0.5) is 13.2 Å². The Morgan fingerprint density at radius 2 is 2.00 bits per heavy atom. The van der Waals surface area contributed by atoms with Gasteiger partial charge in [0.25, 0.3) is 0 Å². The average molecular weight is 441 g/mol. The number of aryl methyl sites for hydroxylation is 2. The van der Waals surface area contributed by atoms with E-state index in [1.54, 1.807) is 27.9 Å². The van der Waals surface area contributed by atoms with E-state index in [2.05, 4.69) is 21.3 Å². The first-order valence-electron chi connectivity index (χ1n) is 7.07. The minimum atomic E-state index is -4.49. The van der Waals surface area contributed by atoms with E-state index in [0.717, 1.165) is 34.2 Å². The summed E-state index contributed by atoms with van der Waals surface area (Å²) in [6.45, 7) is 2.01. The van der Waals surface area contributed by atoms with E-state index in [4.69, 9.17) is 9.69 Å². The zero-order chi connectivity index (χ0) is 18.8. The number of hydrogen-bond acceptors (Lipinski definition) is 4. The van der Waals surface area contributed by atoms with Crippen LogP contribution in [0.1, 0.15) is 12.6 Å². The van der Waals surface area contributed by atoms with Gasteiger partial charge in [0.05, 0.1) is 23.1 Å². The van der Waals surface area contributed by atoms with Crippen LogP contribution in [0.15, 0.2) is 17.3 Å². The second-order valence-corrected chi connectivity index (χ2v) is 6.16. The summed E-state index contributed by atoms with van der Waals surface area (Å²) in [6.07, 6.45) is -0.479. The van der Waals surface area contributed by atoms with Gasteiger partial charge in [-0.1, -0.05) is 11.9 Å². The van der Waals surface area contributed by atoms with Gasteiger partial charge in [0, 0.05) is 13.4 Å². The van der Waals surface area contributed by atoms with Crippen LogP contribution in [0, 0.1) is 6.33 Å². The minimum absolute atomic E-state index is 0.239. The first kappa shape index (κ1) is 20.2. The van der Waals surface area contributed by atoms with Crippen LogP contribution in [0.25, 0.3) is 22.6 Å². The van der Waals surface area contributed by atoms with Crippen molar-refractivity contribution in [1.29, 1.82) is 0 Å². The van der Waals surface area contributed by atoms with Gasteiger partial charge in [0.1, 0.15) is 5.69 Å². The molecular weight excluding hydrogens is 428 g/mol. The molecule has 0 aliphatic heterocycles. The van der Waals surface area contributed by atoms with Gasteiger partial charge in [-0.3, -0.25) is 0 Å². The normalized spacial score (nSPS) is 11.6. The van der Waals surface area contributed by atoms with Gasteiger partial charge in [-0.2, -0.15) is 24.9 Å². The molecule has 0 radical (unpaired) electrons. The van der Waals surface area contributed by atoms with Crippen molar-refractivity contribution in [3.05, 3.63) is 24.3 Å². The molecule has 0 N–H and O–H groups in total. The van der Waals surface area contributed by atoms with E-state index in [9.17, 15) is 13.2 Å². The predicted molar refractivity (Wildman–Crippen MR) is 86.8 cm³/mol. The molecule has 0 aliphatic carbocycles. The summed E-state index contributed by atoms with van der Waals surface area (Å²) in [7, 11) is 8.31. The van der Waals surface area contributed by atoms with Crippen LogP contribution >= 0.6 is 21.5 Å². The third-order valence-electron chi connectivity index (χ3n) is 3.37. The molecule has 3 aromatic heterocycles. The Hall–Kier alpha value is -1.12. The molecule has 0 amide bonds. The van der Waals surface area contributed by atoms with Crippen LogP contribution in [-0.4, -0.2) is 29.8 Å². The Kier molecular flexibility index (Phi) is 6.51. The number of imidazole rings is 2. The van der Waals surface area contributed by atoms with Crippen LogP contribution < -0.4 is 0 Å². The van der Waals surface area contributed by atoms with Crippen LogP contribution in [0.3, 0.4) is 0 Å². The van der Waals surface area contributed by atoms with E-state index in [1.165, 1.54) is 6.20 Å². The Labute approximate surface area is 160 Å². The van der Waals surface area contributed by atoms with E-state index >= 15 is 0 Å². The van der Waals surface area contributed by atoms with Crippen molar-refractivity contribution < 1.29 is 30.5 Å². The molecule has 3 aromatic rings. The van der Waals surface area contributed by atoms with Gasteiger partial charge in [-0.25, -0.2) is 9.97 Å². The van der Waals surface area contributed by atoms with Gasteiger partial charge in [0.2, 0.25) is 0 Å². The maximum atomic E-state index is 12.8. The zero-order valence-electron chi connectivity index (χ0n) is 13.7. The fourth-order valence-electron chi connectivity index (χ4n) is 2.28. The molecule has 11 heteroatoms. The van der Waals surface area contributed by atoms with Crippen LogP contribution in [0.5, 0.6) is 0 Å². The molecule has 0 aromatic carbocycles. The fourth-order valence-corrected chi connectivity index (χ4v) is 3.06. The summed E-state index contributed by atoms with van der Waals surface area (Å²) >= 11 is 2.42. The number of thioether (sulfide) groups is 1. The number of aromatic nitrogens is 5. The summed E-state index contributed by atoms with van der Waals surface area (Å²) in [5.41, 5.74) is 0.408. The molecule has 0 saturated heterocycles. The van der Waals surface area contributed by atoms with Crippen molar-refractivity contribution in [1.82, 2.24) is 24.1 Å². The molecule has 0 bridgehead atoms. The number of pyridine rings is 1. The molecule has 0 saturated carbocycles. The van der Waals surface area contributed by atoms with Crippen molar-refractivity contribution in [2.24, 2.45) is 14.1 Å². The number of fused-ring (bicyclic) bond motifs is 1. The van der Waals surface area contributed by atoms with Crippen molar-refractivity contribution in [2.75, 3.05) is 5.75 Å². The second-order valence-electron chi connectivity index (χ2n) is 4.91. The van der Waals surface area contributed by atoms with Crippen molar-refractivity contribution in [3.63, 3.8) is 0 Å². The van der Waals surface area contributed by atoms with Crippen molar-refractivity contribution in [2.45, 2.75) is 18.1 Å². The third kappa shape index (κ3) is 4.01. The van der Waals surface area contributed by atoms with E-state index in [1.807, 2.05) is 14.0 Å². The fraction of sp³-hybridized carbons (Fsp3) is 0.357. The first-order chi connectivity index (χ1) is 11.8. The predicted octanol–water partition coefficient (Wildman–Crippen LogP) is 3.99. The molecule has 130 valence electrons. The topological polar surface area (TPSA) is 48.5 Å². The molecule has 0 fully saturated rings. The Bertz CT molecular complexity index is 877.